The average Bonchev–Trinajstić information content (AvgIpc) is 2.89. The molecular weight excluding hydrogens is 350 g/mol. The minimum atomic E-state index is -0.603. The van der Waals surface area contributed by atoms with Crippen molar-refractivity contribution in [2.75, 3.05) is 5.32 Å². The van der Waals surface area contributed by atoms with Gasteiger partial charge in [0.2, 0.25) is 0 Å². The van der Waals surface area contributed by atoms with Gasteiger partial charge in [-0.2, -0.15) is 0 Å². The summed E-state index contributed by atoms with van der Waals surface area (Å²) in [5, 5.41) is 2.57. The summed E-state index contributed by atoms with van der Waals surface area (Å²) in [6, 6.07) is 7.74. The summed E-state index contributed by atoms with van der Waals surface area (Å²) in [6.07, 6.45) is -0.585. The van der Waals surface area contributed by atoms with Gasteiger partial charge in [-0.1, -0.05) is 0 Å². The van der Waals surface area contributed by atoms with Crippen LogP contribution >= 0.6 is 0 Å². The van der Waals surface area contributed by atoms with Crippen molar-refractivity contribution in [1.29, 1.82) is 0 Å². The SMILES string of the molecule is Cc1cc(C(=O)NNC(=O)c2ccc(NC(=O)OC(C)(C)C)cc2)c(C)o1. The largest absolute Gasteiger partial charge is 0.466 e. The van der Waals surface area contributed by atoms with Gasteiger partial charge in [-0.15, -0.1) is 0 Å². The van der Waals surface area contributed by atoms with Crippen molar-refractivity contribution in [3.63, 3.8) is 0 Å². The monoisotopic (exact) mass is 373 g/mol. The minimum absolute atomic E-state index is 0.310. The summed E-state index contributed by atoms with van der Waals surface area (Å²) in [5.74, 6) is 0.111. The Morgan fingerprint density at radius 2 is 1.56 bits per heavy atom. The van der Waals surface area contributed by atoms with Gasteiger partial charge in [0.05, 0.1) is 5.56 Å². The Morgan fingerprint density at radius 3 is 2.07 bits per heavy atom. The van der Waals surface area contributed by atoms with Gasteiger partial charge in [-0.05, 0) is 65.0 Å². The summed E-state index contributed by atoms with van der Waals surface area (Å²) in [4.78, 5) is 35.9. The van der Waals surface area contributed by atoms with E-state index in [1.54, 1.807) is 52.8 Å². The summed E-state index contributed by atoms with van der Waals surface area (Å²) in [6.45, 7) is 8.69. The molecule has 0 bridgehead atoms. The van der Waals surface area contributed by atoms with Gasteiger partial charge in [0.25, 0.3) is 11.8 Å². The Labute approximate surface area is 157 Å². The predicted octanol–water partition coefficient (Wildman–Crippen LogP) is 3.32. The van der Waals surface area contributed by atoms with Gasteiger partial charge in [-0.25, -0.2) is 4.79 Å². The number of benzene rings is 1. The number of carbonyl (C=O) groups is 3. The van der Waals surface area contributed by atoms with E-state index in [0.717, 1.165) is 0 Å². The quantitative estimate of drug-likeness (QED) is 0.715. The molecule has 8 heteroatoms. The normalized spacial score (nSPS) is 10.9. The third kappa shape index (κ3) is 5.88. The molecule has 0 unspecified atom stereocenters. The van der Waals surface area contributed by atoms with Crippen LogP contribution in [0.4, 0.5) is 10.5 Å². The maximum Gasteiger partial charge on any atom is 0.412 e. The van der Waals surface area contributed by atoms with Crippen LogP contribution in [0.2, 0.25) is 0 Å². The van der Waals surface area contributed by atoms with Gasteiger partial charge in [0.15, 0.2) is 0 Å². The molecule has 3 N–H and O–H groups in total. The van der Waals surface area contributed by atoms with E-state index in [9.17, 15) is 14.4 Å². The molecule has 8 nitrogen and oxygen atoms in total. The summed E-state index contributed by atoms with van der Waals surface area (Å²) < 4.78 is 10.4. The lowest BCUT2D eigenvalue weighted by molar-refractivity contribution is 0.0635. The van der Waals surface area contributed by atoms with Crippen molar-refractivity contribution < 1.29 is 23.5 Å². The molecule has 0 atom stereocenters. The Bertz CT molecular complexity index is 847. The summed E-state index contributed by atoms with van der Waals surface area (Å²) >= 11 is 0. The first-order valence-corrected chi connectivity index (χ1v) is 8.33. The zero-order valence-electron chi connectivity index (χ0n) is 15.9. The Kier molecular flexibility index (Phi) is 5.89. The molecule has 0 aliphatic rings. The predicted molar refractivity (Wildman–Crippen MR) is 99.4 cm³/mol. The zero-order valence-corrected chi connectivity index (χ0v) is 15.9. The van der Waals surface area contributed by atoms with E-state index in [0.29, 0.717) is 28.3 Å². The van der Waals surface area contributed by atoms with Crippen LogP contribution < -0.4 is 16.2 Å². The molecule has 3 amide bonds. The van der Waals surface area contributed by atoms with Crippen LogP contribution in [0.3, 0.4) is 0 Å². The molecule has 1 aromatic carbocycles. The van der Waals surface area contributed by atoms with Crippen molar-refractivity contribution >= 4 is 23.6 Å². The number of anilines is 1. The fourth-order valence-corrected chi connectivity index (χ4v) is 2.24. The topological polar surface area (TPSA) is 110 Å². The lowest BCUT2D eigenvalue weighted by Crippen LogP contribution is -2.41. The highest BCUT2D eigenvalue weighted by molar-refractivity contribution is 5.99. The van der Waals surface area contributed by atoms with Crippen molar-refractivity contribution in [2.24, 2.45) is 0 Å². The molecule has 0 saturated heterocycles. The number of hydrazine groups is 1. The number of carbonyl (C=O) groups excluding carboxylic acids is 3. The van der Waals surface area contributed by atoms with E-state index in [1.165, 1.54) is 12.1 Å². The van der Waals surface area contributed by atoms with E-state index < -0.39 is 23.5 Å². The highest BCUT2D eigenvalue weighted by Gasteiger charge is 2.17. The molecule has 0 radical (unpaired) electrons. The number of furan rings is 1. The Morgan fingerprint density at radius 1 is 0.963 bits per heavy atom. The van der Waals surface area contributed by atoms with Crippen LogP contribution in [0.1, 0.15) is 53.0 Å². The van der Waals surface area contributed by atoms with Crippen LogP contribution in [0, 0.1) is 13.8 Å². The smallest absolute Gasteiger partial charge is 0.412 e. The lowest BCUT2D eigenvalue weighted by Gasteiger charge is -2.19. The first-order chi connectivity index (χ1) is 12.5. The van der Waals surface area contributed by atoms with Crippen molar-refractivity contribution in [1.82, 2.24) is 10.9 Å². The van der Waals surface area contributed by atoms with E-state index in [4.69, 9.17) is 9.15 Å². The second-order valence-electron chi connectivity index (χ2n) is 6.94. The molecule has 0 spiro atoms. The molecule has 27 heavy (non-hydrogen) atoms. The highest BCUT2D eigenvalue weighted by Crippen LogP contribution is 2.14. The van der Waals surface area contributed by atoms with E-state index in [1.807, 2.05) is 0 Å². The maximum absolute atomic E-state index is 12.1. The molecule has 144 valence electrons. The highest BCUT2D eigenvalue weighted by atomic mass is 16.6. The summed E-state index contributed by atoms with van der Waals surface area (Å²) in [7, 11) is 0. The van der Waals surface area contributed by atoms with Gasteiger partial charge in [0.1, 0.15) is 17.1 Å². The van der Waals surface area contributed by atoms with Crippen molar-refractivity contribution in [3.05, 3.63) is 53.0 Å². The van der Waals surface area contributed by atoms with E-state index >= 15 is 0 Å². The van der Waals surface area contributed by atoms with Crippen LogP contribution in [0.25, 0.3) is 0 Å². The fourth-order valence-electron chi connectivity index (χ4n) is 2.24. The van der Waals surface area contributed by atoms with Crippen LogP contribution in [-0.2, 0) is 4.74 Å². The summed E-state index contributed by atoms with van der Waals surface area (Å²) in [5.41, 5.74) is 5.21. The van der Waals surface area contributed by atoms with Crippen LogP contribution in [0.5, 0.6) is 0 Å². The van der Waals surface area contributed by atoms with Gasteiger partial charge >= 0.3 is 6.09 Å². The van der Waals surface area contributed by atoms with Crippen LogP contribution in [0.15, 0.2) is 34.7 Å². The number of hydrogen-bond donors (Lipinski definition) is 3. The van der Waals surface area contributed by atoms with E-state index in [2.05, 4.69) is 16.2 Å². The molecule has 2 aromatic rings. The first-order valence-electron chi connectivity index (χ1n) is 8.33. The molecule has 2 rings (SSSR count). The fraction of sp³-hybridized carbons (Fsp3) is 0.316. The second kappa shape index (κ2) is 7.94. The first kappa shape index (κ1) is 20.0. The average molecular weight is 373 g/mol. The number of ether oxygens (including phenoxy) is 1. The zero-order chi connectivity index (χ0) is 20.2. The molecule has 1 heterocycles. The van der Waals surface area contributed by atoms with Crippen molar-refractivity contribution in [2.45, 2.75) is 40.2 Å². The molecule has 0 aliphatic carbocycles. The number of amides is 3. The third-order valence-corrected chi connectivity index (χ3v) is 3.37. The third-order valence-electron chi connectivity index (χ3n) is 3.37. The van der Waals surface area contributed by atoms with Gasteiger partial charge in [-0.3, -0.25) is 25.8 Å². The number of hydrogen-bond acceptors (Lipinski definition) is 5. The van der Waals surface area contributed by atoms with Crippen molar-refractivity contribution in [3.8, 4) is 0 Å². The minimum Gasteiger partial charge on any atom is -0.466 e. The number of rotatable bonds is 3. The molecule has 0 fully saturated rings. The second-order valence-corrected chi connectivity index (χ2v) is 6.94. The molecular formula is C19H23N3O5. The molecule has 1 aromatic heterocycles. The Hall–Kier alpha value is -3.29. The standard InChI is InChI=1S/C19H23N3O5/c1-11-10-15(12(2)26-11)17(24)22-21-16(23)13-6-8-14(9-7-13)20-18(25)27-19(3,4)5/h6-10H,1-5H3,(H,20,25)(H,21,23)(H,22,24). The van der Waals surface area contributed by atoms with Crippen LogP contribution in [-0.4, -0.2) is 23.5 Å². The molecule has 0 saturated carbocycles. The Balaban J connectivity index is 1.91. The van der Waals surface area contributed by atoms with Gasteiger partial charge < -0.3 is 9.15 Å². The number of aryl methyl sites for hydroxylation is 2. The van der Waals surface area contributed by atoms with E-state index in [-0.39, 0.29) is 0 Å². The number of nitrogens with one attached hydrogen (secondary N) is 3. The lowest BCUT2D eigenvalue weighted by atomic mass is 10.2. The molecule has 0 aliphatic heterocycles. The maximum atomic E-state index is 12.1. The van der Waals surface area contributed by atoms with Gasteiger partial charge in [0, 0.05) is 11.3 Å².